The minimum atomic E-state index is -0.268. The highest BCUT2D eigenvalue weighted by Crippen LogP contribution is 2.23. The van der Waals surface area contributed by atoms with Gasteiger partial charge in [0, 0.05) is 19.6 Å². The van der Waals surface area contributed by atoms with Crippen LogP contribution in [0, 0.1) is 0 Å². The van der Waals surface area contributed by atoms with Crippen LogP contribution in [0.5, 0.6) is 0 Å². The molecule has 1 aromatic carbocycles. The first kappa shape index (κ1) is 17.0. The molecule has 0 saturated carbocycles. The summed E-state index contributed by atoms with van der Waals surface area (Å²) in [5.74, 6) is 0. The van der Waals surface area contributed by atoms with Crippen LogP contribution in [0.25, 0.3) is 5.69 Å². The maximum atomic E-state index is 12.6. The van der Waals surface area contributed by atoms with Gasteiger partial charge < -0.3 is 9.80 Å². The zero-order valence-corrected chi connectivity index (χ0v) is 14.7. The van der Waals surface area contributed by atoms with Gasteiger partial charge in [0.2, 0.25) is 0 Å². The van der Waals surface area contributed by atoms with Gasteiger partial charge in [-0.2, -0.15) is 9.78 Å². The molecule has 1 aromatic heterocycles. The Morgan fingerprint density at radius 3 is 2.67 bits per heavy atom. The number of halogens is 1. The molecule has 5 nitrogen and oxygen atoms in total. The third kappa shape index (κ3) is 3.62. The largest absolute Gasteiger partial charge is 0.368 e. The van der Waals surface area contributed by atoms with Crippen LogP contribution in [0.1, 0.15) is 19.8 Å². The molecule has 3 rings (SSSR count). The third-order valence-corrected chi connectivity index (χ3v) is 4.73. The van der Waals surface area contributed by atoms with Crippen molar-refractivity contribution in [2.45, 2.75) is 19.8 Å². The smallest absolute Gasteiger partial charge is 0.292 e. The van der Waals surface area contributed by atoms with Gasteiger partial charge >= 0.3 is 0 Å². The lowest BCUT2D eigenvalue weighted by Gasteiger charge is -2.24. The van der Waals surface area contributed by atoms with Crippen molar-refractivity contribution >= 4 is 17.3 Å². The molecule has 0 radical (unpaired) electrons. The molecule has 24 heavy (non-hydrogen) atoms. The summed E-state index contributed by atoms with van der Waals surface area (Å²) in [6.45, 7) is 7.18. The van der Waals surface area contributed by atoms with Crippen molar-refractivity contribution in [3.8, 4) is 5.69 Å². The second-order valence-electron chi connectivity index (χ2n) is 6.08. The van der Waals surface area contributed by atoms with E-state index in [4.69, 9.17) is 11.6 Å². The van der Waals surface area contributed by atoms with Gasteiger partial charge in [-0.25, -0.2) is 0 Å². The Morgan fingerprint density at radius 1 is 1.12 bits per heavy atom. The second kappa shape index (κ2) is 7.81. The normalized spacial score (nSPS) is 16.2. The molecule has 1 saturated heterocycles. The average Bonchev–Trinajstić information content (AvgIpc) is 2.84. The summed E-state index contributed by atoms with van der Waals surface area (Å²) in [6, 6.07) is 9.35. The van der Waals surface area contributed by atoms with Crippen molar-refractivity contribution in [2.24, 2.45) is 0 Å². The van der Waals surface area contributed by atoms with E-state index in [1.807, 2.05) is 30.3 Å². The predicted octanol–water partition coefficient (Wildman–Crippen LogP) is 2.81. The number of anilines is 1. The summed E-state index contributed by atoms with van der Waals surface area (Å²) in [5.41, 5.74) is 1.20. The summed E-state index contributed by atoms with van der Waals surface area (Å²) < 4.78 is 1.35. The van der Waals surface area contributed by atoms with Gasteiger partial charge in [-0.15, -0.1) is 0 Å². The molecule has 6 heteroatoms. The first-order chi connectivity index (χ1) is 11.7. The van der Waals surface area contributed by atoms with Crippen LogP contribution in [0.15, 0.2) is 41.3 Å². The Morgan fingerprint density at radius 2 is 1.92 bits per heavy atom. The SMILES string of the molecule is CCCN1CCCN(c2cnn(-c3ccccc3)c(=O)c2Cl)CC1. The molecule has 2 aromatic rings. The van der Waals surface area contributed by atoms with E-state index in [0.29, 0.717) is 0 Å². The van der Waals surface area contributed by atoms with Crippen molar-refractivity contribution < 1.29 is 0 Å². The standard InChI is InChI=1S/C18H23ClN4O/c1-2-9-21-10-6-11-22(13-12-21)16-14-20-23(18(24)17(16)19)15-7-4-3-5-8-15/h3-5,7-8,14H,2,6,9-13H2,1H3. The van der Waals surface area contributed by atoms with Crippen molar-refractivity contribution in [1.82, 2.24) is 14.7 Å². The zero-order valence-electron chi connectivity index (χ0n) is 14.0. The van der Waals surface area contributed by atoms with Gasteiger partial charge in [0.15, 0.2) is 0 Å². The van der Waals surface area contributed by atoms with Gasteiger partial charge in [-0.1, -0.05) is 36.7 Å². The molecule has 0 unspecified atom stereocenters. The molecule has 1 fully saturated rings. The highest BCUT2D eigenvalue weighted by Gasteiger charge is 2.19. The Hall–Kier alpha value is -1.85. The number of para-hydroxylation sites is 1. The van der Waals surface area contributed by atoms with Crippen LogP contribution in [-0.2, 0) is 0 Å². The van der Waals surface area contributed by atoms with Crippen molar-refractivity contribution in [3.63, 3.8) is 0 Å². The third-order valence-electron chi connectivity index (χ3n) is 4.37. The predicted molar refractivity (Wildman–Crippen MR) is 98.4 cm³/mol. The Bertz CT molecular complexity index is 732. The molecule has 0 bridgehead atoms. The maximum Gasteiger partial charge on any atom is 0.292 e. The van der Waals surface area contributed by atoms with E-state index in [-0.39, 0.29) is 10.6 Å². The van der Waals surface area contributed by atoms with Crippen molar-refractivity contribution in [3.05, 3.63) is 51.9 Å². The van der Waals surface area contributed by atoms with E-state index >= 15 is 0 Å². The Balaban J connectivity index is 1.85. The number of hydrogen-bond acceptors (Lipinski definition) is 4. The minimum absolute atomic E-state index is 0.248. The zero-order chi connectivity index (χ0) is 16.9. The fraction of sp³-hybridized carbons (Fsp3) is 0.444. The van der Waals surface area contributed by atoms with Gasteiger partial charge in [0.05, 0.1) is 17.6 Å². The summed E-state index contributed by atoms with van der Waals surface area (Å²) in [7, 11) is 0. The highest BCUT2D eigenvalue weighted by atomic mass is 35.5. The van der Waals surface area contributed by atoms with Crippen LogP contribution in [0.3, 0.4) is 0 Å². The molecule has 0 N–H and O–H groups in total. The maximum absolute atomic E-state index is 12.6. The number of benzene rings is 1. The van der Waals surface area contributed by atoms with Crippen LogP contribution in [-0.4, -0.2) is 47.4 Å². The molecule has 1 aliphatic heterocycles. The number of nitrogens with zero attached hydrogens (tertiary/aromatic N) is 4. The summed E-state index contributed by atoms with van der Waals surface area (Å²) in [4.78, 5) is 17.3. The molecule has 2 heterocycles. The molecule has 0 amide bonds. The number of hydrogen-bond donors (Lipinski definition) is 0. The van der Waals surface area contributed by atoms with E-state index in [1.54, 1.807) is 6.20 Å². The van der Waals surface area contributed by atoms with Gasteiger partial charge in [-0.3, -0.25) is 4.79 Å². The molecular formula is C18H23ClN4O. The van der Waals surface area contributed by atoms with Gasteiger partial charge in [0.1, 0.15) is 5.02 Å². The lowest BCUT2D eigenvalue weighted by molar-refractivity contribution is 0.294. The molecule has 1 aliphatic rings. The van der Waals surface area contributed by atoms with Gasteiger partial charge in [-0.05, 0) is 38.1 Å². The molecule has 0 spiro atoms. The summed E-state index contributed by atoms with van der Waals surface area (Å²) >= 11 is 6.40. The minimum Gasteiger partial charge on any atom is -0.368 e. The Kier molecular flexibility index (Phi) is 5.53. The first-order valence-electron chi connectivity index (χ1n) is 8.51. The topological polar surface area (TPSA) is 41.4 Å². The lowest BCUT2D eigenvalue weighted by Crippen LogP contribution is -2.33. The second-order valence-corrected chi connectivity index (χ2v) is 6.46. The van der Waals surface area contributed by atoms with Gasteiger partial charge in [0.25, 0.3) is 5.56 Å². The van der Waals surface area contributed by atoms with E-state index in [0.717, 1.165) is 56.9 Å². The molecule has 0 aliphatic carbocycles. The highest BCUT2D eigenvalue weighted by molar-refractivity contribution is 6.33. The number of aromatic nitrogens is 2. The van der Waals surface area contributed by atoms with E-state index < -0.39 is 0 Å². The Labute approximate surface area is 147 Å². The molecular weight excluding hydrogens is 324 g/mol. The van der Waals surface area contributed by atoms with Crippen molar-refractivity contribution in [2.75, 3.05) is 37.6 Å². The van der Waals surface area contributed by atoms with Crippen LogP contribution in [0.2, 0.25) is 5.02 Å². The fourth-order valence-corrected chi connectivity index (χ4v) is 3.40. The summed E-state index contributed by atoms with van der Waals surface area (Å²) in [6.07, 6.45) is 3.94. The van der Waals surface area contributed by atoms with E-state index in [1.165, 1.54) is 4.68 Å². The van der Waals surface area contributed by atoms with Crippen LogP contribution < -0.4 is 10.5 Å². The van der Waals surface area contributed by atoms with E-state index in [2.05, 4.69) is 21.8 Å². The van der Waals surface area contributed by atoms with Crippen LogP contribution >= 0.6 is 11.6 Å². The lowest BCUT2D eigenvalue weighted by atomic mass is 10.3. The first-order valence-corrected chi connectivity index (χ1v) is 8.89. The summed E-state index contributed by atoms with van der Waals surface area (Å²) in [5, 5.41) is 4.58. The quantitative estimate of drug-likeness (QED) is 0.853. The van der Waals surface area contributed by atoms with Crippen molar-refractivity contribution in [1.29, 1.82) is 0 Å². The molecule has 0 atom stereocenters. The fourth-order valence-electron chi connectivity index (χ4n) is 3.15. The monoisotopic (exact) mass is 346 g/mol. The van der Waals surface area contributed by atoms with Crippen LogP contribution in [0.4, 0.5) is 5.69 Å². The average molecular weight is 347 g/mol. The van der Waals surface area contributed by atoms with E-state index in [9.17, 15) is 4.79 Å². The number of rotatable bonds is 4. The molecule has 128 valence electrons.